The molecule has 51 heavy (non-hydrogen) atoms. The van der Waals surface area contributed by atoms with Gasteiger partial charge in [0, 0.05) is 22.1 Å². The number of aromatic nitrogens is 3. The van der Waals surface area contributed by atoms with Crippen molar-refractivity contribution >= 4 is 32.3 Å². The molecule has 0 saturated heterocycles. The summed E-state index contributed by atoms with van der Waals surface area (Å²) in [5.41, 5.74) is 10.7. The van der Waals surface area contributed by atoms with E-state index in [2.05, 4.69) is 141 Å². The van der Waals surface area contributed by atoms with E-state index in [1.165, 1.54) is 65.7 Å². The van der Waals surface area contributed by atoms with Gasteiger partial charge < -0.3 is 0 Å². The molecule has 0 fully saturated rings. The van der Waals surface area contributed by atoms with Crippen LogP contribution in [0.15, 0.2) is 164 Å². The van der Waals surface area contributed by atoms with Crippen LogP contribution >= 0.6 is 0 Å². The van der Waals surface area contributed by atoms with E-state index in [9.17, 15) is 0 Å². The maximum Gasteiger partial charge on any atom is 0.164 e. The zero-order valence-electron chi connectivity index (χ0n) is 28.4. The average molecular weight is 652 g/mol. The van der Waals surface area contributed by atoms with Crippen molar-refractivity contribution in [1.29, 1.82) is 0 Å². The summed E-state index contributed by atoms with van der Waals surface area (Å²) in [6, 6.07) is 58.5. The smallest absolute Gasteiger partial charge is 0.164 e. The number of fused-ring (bicyclic) bond motifs is 9. The Balaban J connectivity index is 1.24. The first-order valence-electron chi connectivity index (χ1n) is 17.5. The lowest BCUT2D eigenvalue weighted by Gasteiger charge is -2.21. The Morgan fingerprint density at radius 1 is 0.333 bits per heavy atom. The highest BCUT2D eigenvalue weighted by molar-refractivity contribution is 6.28. The van der Waals surface area contributed by atoms with Gasteiger partial charge >= 0.3 is 0 Å². The Bertz CT molecular complexity index is 2760. The third kappa shape index (κ3) is 4.62. The van der Waals surface area contributed by atoms with Gasteiger partial charge in [-0.3, -0.25) is 0 Å². The summed E-state index contributed by atoms with van der Waals surface area (Å²) in [6.07, 6.45) is 0. The van der Waals surface area contributed by atoms with Crippen LogP contribution in [0.1, 0.15) is 25.0 Å². The number of hydrogen-bond donors (Lipinski definition) is 0. The largest absolute Gasteiger partial charge is 0.208 e. The number of benzene rings is 8. The van der Waals surface area contributed by atoms with Crippen molar-refractivity contribution in [3.8, 4) is 56.4 Å². The third-order valence-corrected chi connectivity index (χ3v) is 10.7. The van der Waals surface area contributed by atoms with E-state index < -0.39 is 0 Å². The number of rotatable bonds is 4. The monoisotopic (exact) mass is 651 g/mol. The van der Waals surface area contributed by atoms with Gasteiger partial charge in [-0.15, -0.1) is 0 Å². The first-order valence-corrected chi connectivity index (χ1v) is 17.5. The second kappa shape index (κ2) is 11.3. The van der Waals surface area contributed by atoms with Crippen LogP contribution in [0.25, 0.3) is 88.7 Å². The van der Waals surface area contributed by atoms with E-state index >= 15 is 0 Å². The lowest BCUT2D eigenvalue weighted by atomic mass is 9.82. The molecule has 1 aliphatic rings. The highest BCUT2D eigenvalue weighted by atomic mass is 15.0. The molecular formula is C48H33N3. The zero-order chi connectivity index (χ0) is 34.1. The zero-order valence-corrected chi connectivity index (χ0v) is 28.4. The molecule has 240 valence electrons. The van der Waals surface area contributed by atoms with Gasteiger partial charge in [-0.25, -0.2) is 15.0 Å². The first kappa shape index (κ1) is 29.5. The SMILES string of the molecule is CC1(C)c2ccccc2-c2cc(-c3cccc4c5ccccc5c5ccc(-c6nc(-c7ccccc7)nc(-c7ccccc7)n6)cc5c34)ccc21. The van der Waals surface area contributed by atoms with Crippen molar-refractivity contribution in [1.82, 2.24) is 15.0 Å². The molecule has 0 unspecified atom stereocenters. The Hall–Kier alpha value is -6.45. The number of nitrogens with zero attached hydrogens (tertiary/aromatic N) is 3. The molecule has 0 aliphatic heterocycles. The minimum absolute atomic E-state index is 0.0389. The van der Waals surface area contributed by atoms with Crippen molar-refractivity contribution in [2.24, 2.45) is 0 Å². The lowest BCUT2D eigenvalue weighted by Crippen LogP contribution is -2.14. The van der Waals surface area contributed by atoms with Crippen LogP contribution in [-0.2, 0) is 5.41 Å². The van der Waals surface area contributed by atoms with Gasteiger partial charge in [0.2, 0.25) is 0 Å². The van der Waals surface area contributed by atoms with Crippen LogP contribution in [0.3, 0.4) is 0 Å². The molecular weight excluding hydrogens is 619 g/mol. The molecule has 0 radical (unpaired) electrons. The maximum atomic E-state index is 5.08. The fourth-order valence-corrected chi connectivity index (χ4v) is 8.21. The molecule has 0 N–H and O–H groups in total. The Morgan fingerprint density at radius 3 is 1.55 bits per heavy atom. The topological polar surface area (TPSA) is 38.7 Å². The molecule has 0 saturated carbocycles. The minimum Gasteiger partial charge on any atom is -0.208 e. The predicted molar refractivity (Wildman–Crippen MR) is 212 cm³/mol. The molecule has 10 rings (SSSR count). The van der Waals surface area contributed by atoms with Crippen molar-refractivity contribution in [2.45, 2.75) is 19.3 Å². The third-order valence-electron chi connectivity index (χ3n) is 10.7. The van der Waals surface area contributed by atoms with Crippen LogP contribution in [0.5, 0.6) is 0 Å². The van der Waals surface area contributed by atoms with Crippen LogP contribution in [-0.4, -0.2) is 15.0 Å². The Labute approximate surface area is 297 Å². The molecule has 0 amide bonds. The van der Waals surface area contributed by atoms with E-state index in [0.717, 1.165) is 16.7 Å². The molecule has 3 heteroatoms. The van der Waals surface area contributed by atoms with E-state index in [-0.39, 0.29) is 5.41 Å². The van der Waals surface area contributed by atoms with Crippen molar-refractivity contribution in [3.05, 3.63) is 175 Å². The standard InChI is InChI=1S/C48H33N3/c1-48(2)42-23-12-11-20-38(42)40-28-32(25-27-43(40)48)34-21-13-22-39-36-19-10-9-18-35(36)37-26-24-33(29-41(37)44(34)39)47-50-45(30-14-5-3-6-15-30)49-46(51-47)31-16-7-4-8-17-31/h3-29H,1-2H3. The molecule has 3 nitrogen and oxygen atoms in total. The molecule has 0 atom stereocenters. The molecule has 0 bridgehead atoms. The molecule has 1 aromatic heterocycles. The molecule has 1 aliphatic carbocycles. The predicted octanol–water partition coefficient (Wildman–Crippen LogP) is 12.3. The van der Waals surface area contributed by atoms with E-state index in [1.54, 1.807) is 0 Å². The van der Waals surface area contributed by atoms with Crippen LogP contribution < -0.4 is 0 Å². The van der Waals surface area contributed by atoms with Gasteiger partial charge in [0.05, 0.1) is 0 Å². The summed E-state index contributed by atoms with van der Waals surface area (Å²) >= 11 is 0. The van der Waals surface area contributed by atoms with Gasteiger partial charge in [-0.05, 0) is 77.8 Å². The fraction of sp³-hybridized carbons (Fsp3) is 0.0625. The first-order chi connectivity index (χ1) is 25.0. The van der Waals surface area contributed by atoms with Gasteiger partial charge in [0.1, 0.15) is 0 Å². The summed E-state index contributed by atoms with van der Waals surface area (Å²) in [5, 5.41) is 7.35. The summed E-state index contributed by atoms with van der Waals surface area (Å²) in [5.74, 6) is 1.97. The summed E-state index contributed by atoms with van der Waals surface area (Å²) < 4.78 is 0. The molecule has 8 aromatic carbocycles. The molecule has 1 heterocycles. The Morgan fingerprint density at radius 2 is 0.843 bits per heavy atom. The summed E-state index contributed by atoms with van der Waals surface area (Å²) in [6.45, 7) is 4.67. The second-order valence-corrected chi connectivity index (χ2v) is 14.0. The van der Waals surface area contributed by atoms with Gasteiger partial charge in [0.25, 0.3) is 0 Å². The van der Waals surface area contributed by atoms with Gasteiger partial charge in [-0.2, -0.15) is 0 Å². The van der Waals surface area contributed by atoms with E-state index in [4.69, 9.17) is 15.0 Å². The quantitative estimate of drug-likeness (QED) is 0.178. The van der Waals surface area contributed by atoms with Gasteiger partial charge in [0.15, 0.2) is 17.5 Å². The van der Waals surface area contributed by atoms with Gasteiger partial charge in [-0.1, -0.05) is 166 Å². The van der Waals surface area contributed by atoms with Crippen molar-refractivity contribution in [3.63, 3.8) is 0 Å². The van der Waals surface area contributed by atoms with Crippen molar-refractivity contribution < 1.29 is 0 Å². The Kier molecular flexibility index (Phi) is 6.53. The fourth-order valence-electron chi connectivity index (χ4n) is 8.21. The van der Waals surface area contributed by atoms with Crippen LogP contribution in [0, 0.1) is 0 Å². The maximum absolute atomic E-state index is 5.08. The molecule has 0 spiro atoms. The van der Waals surface area contributed by atoms with Crippen LogP contribution in [0.4, 0.5) is 0 Å². The summed E-state index contributed by atoms with van der Waals surface area (Å²) in [4.78, 5) is 15.1. The summed E-state index contributed by atoms with van der Waals surface area (Å²) in [7, 11) is 0. The minimum atomic E-state index is -0.0389. The second-order valence-electron chi connectivity index (χ2n) is 14.0. The average Bonchev–Trinajstić information content (AvgIpc) is 3.43. The molecule has 9 aromatic rings. The van der Waals surface area contributed by atoms with E-state index in [1.807, 2.05) is 36.4 Å². The normalized spacial score (nSPS) is 13.1. The number of hydrogen-bond acceptors (Lipinski definition) is 3. The van der Waals surface area contributed by atoms with Crippen LogP contribution in [0.2, 0.25) is 0 Å². The lowest BCUT2D eigenvalue weighted by molar-refractivity contribution is 0.660. The highest BCUT2D eigenvalue weighted by Gasteiger charge is 2.35. The van der Waals surface area contributed by atoms with Crippen molar-refractivity contribution in [2.75, 3.05) is 0 Å². The highest BCUT2D eigenvalue weighted by Crippen LogP contribution is 2.50. The van der Waals surface area contributed by atoms with E-state index in [0.29, 0.717) is 17.5 Å².